The van der Waals surface area contributed by atoms with E-state index in [-0.39, 0.29) is 16.6 Å². The van der Waals surface area contributed by atoms with Crippen LogP contribution in [0, 0.1) is 0 Å². The van der Waals surface area contributed by atoms with Gasteiger partial charge in [0.2, 0.25) is 10.0 Å². The van der Waals surface area contributed by atoms with Crippen LogP contribution in [-0.2, 0) is 23.0 Å². The molecule has 0 radical (unpaired) electrons. The Morgan fingerprint density at radius 1 is 0.912 bits per heavy atom. The first-order valence-electron chi connectivity index (χ1n) is 11.5. The number of methoxy groups -OCH3 is 1. The van der Waals surface area contributed by atoms with Gasteiger partial charge in [0.1, 0.15) is 10.6 Å². The number of hydrogen-bond acceptors (Lipinski definition) is 4. The molecule has 0 saturated carbocycles. The van der Waals surface area contributed by atoms with Crippen LogP contribution in [0.1, 0.15) is 34.3 Å². The minimum absolute atomic E-state index is 0.0467. The fraction of sp³-hybridized carbons (Fsp3) is 0.296. The number of nitrogens with zero attached hydrogens (tertiary/aromatic N) is 2. The zero-order chi connectivity index (χ0) is 24.0. The van der Waals surface area contributed by atoms with E-state index in [1.54, 1.807) is 17.0 Å². The van der Waals surface area contributed by atoms with Gasteiger partial charge in [0.05, 0.1) is 7.11 Å². The third-order valence-corrected chi connectivity index (χ3v) is 8.03. The van der Waals surface area contributed by atoms with Crippen LogP contribution < -0.4 is 4.74 Å². The molecule has 1 aliphatic rings. The van der Waals surface area contributed by atoms with Crippen molar-refractivity contribution in [3.05, 3.63) is 95.6 Å². The SMILES string of the molecule is COc1ccc(C(=O)N(CCc2ccccc2)Cc2ccccc2)cc1S(=O)(=O)N1CCCC1. The van der Waals surface area contributed by atoms with Gasteiger partial charge >= 0.3 is 0 Å². The molecule has 1 saturated heterocycles. The zero-order valence-electron chi connectivity index (χ0n) is 19.4. The molecule has 4 rings (SSSR count). The minimum Gasteiger partial charge on any atom is -0.495 e. The molecule has 1 amide bonds. The van der Waals surface area contributed by atoms with Crippen molar-refractivity contribution in [1.29, 1.82) is 0 Å². The summed E-state index contributed by atoms with van der Waals surface area (Å²) >= 11 is 0. The van der Waals surface area contributed by atoms with Crippen molar-refractivity contribution in [2.45, 2.75) is 30.7 Å². The van der Waals surface area contributed by atoms with Crippen LogP contribution in [-0.4, -0.2) is 50.3 Å². The number of carbonyl (C=O) groups excluding carboxylic acids is 1. The maximum atomic E-state index is 13.6. The normalized spacial score (nSPS) is 14.1. The number of amides is 1. The Morgan fingerprint density at radius 3 is 2.15 bits per heavy atom. The van der Waals surface area contributed by atoms with Crippen LogP contribution in [0.4, 0.5) is 0 Å². The predicted molar refractivity (Wildman–Crippen MR) is 132 cm³/mol. The monoisotopic (exact) mass is 478 g/mol. The second-order valence-electron chi connectivity index (χ2n) is 8.42. The Balaban J connectivity index is 1.64. The summed E-state index contributed by atoms with van der Waals surface area (Å²) < 4.78 is 33.4. The van der Waals surface area contributed by atoms with E-state index in [9.17, 15) is 13.2 Å². The van der Waals surface area contributed by atoms with Gasteiger partial charge in [0.25, 0.3) is 5.91 Å². The summed E-state index contributed by atoms with van der Waals surface area (Å²) in [6, 6.07) is 24.5. The van der Waals surface area contributed by atoms with Gasteiger partial charge in [-0.1, -0.05) is 60.7 Å². The van der Waals surface area contributed by atoms with Crippen LogP contribution in [0.25, 0.3) is 0 Å². The molecule has 1 heterocycles. The lowest BCUT2D eigenvalue weighted by Crippen LogP contribution is -2.33. The first-order chi connectivity index (χ1) is 16.5. The molecule has 0 atom stereocenters. The molecule has 0 aromatic heterocycles. The van der Waals surface area contributed by atoms with E-state index in [2.05, 4.69) is 0 Å². The lowest BCUT2D eigenvalue weighted by atomic mass is 10.1. The summed E-state index contributed by atoms with van der Waals surface area (Å²) in [6.07, 6.45) is 2.38. The highest BCUT2D eigenvalue weighted by molar-refractivity contribution is 7.89. The summed E-state index contributed by atoms with van der Waals surface area (Å²) in [6.45, 7) is 1.92. The standard InChI is InChI=1S/C27H30N2O4S/c1-33-25-15-14-24(20-26(25)34(31,32)29-17-8-9-18-29)27(30)28(21-23-12-6-3-7-13-23)19-16-22-10-4-2-5-11-22/h2-7,10-15,20H,8-9,16-19,21H2,1H3. The molecular weight excluding hydrogens is 448 g/mol. The average Bonchev–Trinajstić information content (AvgIpc) is 3.43. The largest absolute Gasteiger partial charge is 0.495 e. The summed E-state index contributed by atoms with van der Waals surface area (Å²) in [5.74, 6) is 0.0441. The van der Waals surface area contributed by atoms with E-state index < -0.39 is 10.0 Å². The highest BCUT2D eigenvalue weighted by Crippen LogP contribution is 2.30. The molecule has 34 heavy (non-hydrogen) atoms. The lowest BCUT2D eigenvalue weighted by Gasteiger charge is -2.24. The fourth-order valence-corrected chi connectivity index (χ4v) is 5.92. The van der Waals surface area contributed by atoms with Crippen molar-refractivity contribution in [3.63, 3.8) is 0 Å². The molecule has 1 fully saturated rings. The number of carbonyl (C=O) groups is 1. The maximum absolute atomic E-state index is 13.6. The molecule has 6 nitrogen and oxygen atoms in total. The van der Waals surface area contributed by atoms with Gasteiger partial charge in [-0.05, 0) is 48.6 Å². The molecule has 0 aliphatic carbocycles. The van der Waals surface area contributed by atoms with E-state index in [1.165, 1.54) is 17.5 Å². The molecule has 3 aromatic rings. The average molecular weight is 479 g/mol. The Kier molecular flexibility index (Phi) is 7.65. The van der Waals surface area contributed by atoms with Crippen molar-refractivity contribution in [2.24, 2.45) is 0 Å². The van der Waals surface area contributed by atoms with Gasteiger partial charge in [-0.15, -0.1) is 0 Å². The first kappa shape index (κ1) is 24.0. The molecule has 0 N–H and O–H groups in total. The number of hydrogen-bond donors (Lipinski definition) is 0. The van der Waals surface area contributed by atoms with Gasteiger partial charge < -0.3 is 9.64 Å². The Bertz CT molecular complexity index is 1210. The second kappa shape index (κ2) is 10.8. The number of ether oxygens (including phenoxy) is 1. The van der Waals surface area contributed by atoms with Crippen molar-refractivity contribution in [2.75, 3.05) is 26.7 Å². The van der Waals surface area contributed by atoms with Crippen molar-refractivity contribution in [3.8, 4) is 5.75 Å². The number of benzene rings is 3. The molecular formula is C27H30N2O4S. The van der Waals surface area contributed by atoms with E-state index >= 15 is 0 Å². The van der Waals surface area contributed by atoms with Gasteiger partial charge in [-0.2, -0.15) is 4.31 Å². The smallest absolute Gasteiger partial charge is 0.254 e. The lowest BCUT2D eigenvalue weighted by molar-refractivity contribution is 0.0744. The first-order valence-corrected chi connectivity index (χ1v) is 13.0. The predicted octanol–water partition coefficient (Wildman–Crippen LogP) is 4.36. The van der Waals surface area contributed by atoms with Crippen LogP contribution in [0.15, 0.2) is 83.8 Å². The summed E-state index contributed by atoms with van der Waals surface area (Å²) in [5, 5.41) is 0. The van der Waals surface area contributed by atoms with E-state index in [0.29, 0.717) is 38.2 Å². The Morgan fingerprint density at radius 2 is 1.53 bits per heavy atom. The summed E-state index contributed by atoms with van der Waals surface area (Å²) in [4.78, 5) is 15.5. The van der Waals surface area contributed by atoms with Crippen molar-refractivity contribution in [1.82, 2.24) is 9.21 Å². The van der Waals surface area contributed by atoms with E-state index in [0.717, 1.165) is 24.0 Å². The van der Waals surface area contributed by atoms with Crippen molar-refractivity contribution < 1.29 is 17.9 Å². The highest BCUT2D eigenvalue weighted by Gasteiger charge is 2.31. The summed E-state index contributed by atoms with van der Waals surface area (Å²) in [7, 11) is -2.29. The minimum atomic E-state index is -3.74. The van der Waals surface area contributed by atoms with Gasteiger partial charge in [0.15, 0.2) is 0 Å². The van der Waals surface area contributed by atoms with Crippen LogP contribution in [0.3, 0.4) is 0 Å². The molecule has 178 valence electrons. The second-order valence-corrected chi connectivity index (χ2v) is 10.3. The van der Waals surface area contributed by atoms with Crippen LogP contribution in [0.2, 0.25) is 0 Å². The molecule has 1 aliphatic heterocycles. The molecule has 0 spiro atoms. The van der Waals surface area contributed by atoms with E-state index in [1.807, 2.05) is 60.7 Å². The molecule has 0 unspecified atom stereocenters. The van der Waals surface area contributed by atoms with E-state index in [4.69, 9.17) is 4.74 Å². The Hall–Kier alpha value is -3.16. The topological polar surface area (TPSA) is 66.9 Å². The summed E-state index contributed by atoms with van der Waals surface area (Å²) in [5.41, 5.74) is 2.49. The van der Waals surface area contributed by atoms with Crippen LogP contribution in [0.5, 0.6) is 5.75 Å². The molecule has 3 aromatic carbocycles. The zero-order valence-corrected chi connectivity index (χ0v) is 20.2. The molecule has 7 heteroatoms. The van der Waals surface area contributed by atoms with Gasteiger partial charge in [-0.3, -0.25) is 4.79 Å². The molecule has 0 bridgehead atoms. The van der Waals surface area contributed by atoms with Gasteiger partial charge in [0, 0.05) is 31.7 Å². The van der Waals surface area contributed by atoms with Crippen LogP contribution >= 0.6 is 0 Å². The maximum Gasteiger partial charge on any atom is 0.254 e. The Labute approximate surface area is 201 Å². The van der Waals surface area contributed by atoms with Gasteiger partial charge in [-0.25, -0.2) is 8.42 Å². The third kappa shape index (κ3) is 5.48. The number of sulfonamides is 1. The van der Waals surface area contributed by atoms with Crippen molar-refractivity contribution >= 4 is 15.9 Å². The third-order valence-electron chi connectivity index (χ3n) is 6.11. The quantitative estimate of drug-likeness (QED) is 0.458. The number of rotatable bonds is 9. The highest BCUT2D eigenvalue weighted by atomic mass is 32.2. The fourth-order valence-electron chi connectivity index (χ4n) is 4.23.